The van der Waals surface area contributed by atoms with Gasteiger partial charge >= 0.3 is 0 Å². The van der Waals surface area contributed by atoms with Crippen molar-refractivity contribution in [3.63, 3.8) is 0 Å². The quantitative estimate of drug-likeness (QED) is 0.703. The molecule has 3 aromatic rings. The molecule has 0 aliphatic heterocycles. The first-order valence-electron chi connectivity index (χ1n) is 9.30. The molecule has 4 rings (SSSR count). The SMILES string of the molecule is Cc1c(F)cc(C(=O)NC2CC2)cc1-c1ccc2c(C(C)(C)F)nncc2c1. The average Bonchev–Trinajstić information content (AvgIpc) is 3.46. The van der Waals surface area contributed by atoms with Crippen LogP contribution in [0.4, 0.5) is 8.78 Å². The van der Waals surface area contributed by atoms with E-state index in [0.29, 0.717) is 27.5 Å². The molecule has 144 valence electrons. The van der Waals surface area contributed by atoms with Crippen LogP contribution in [0.15, 0.2) is 36.5 Å². The number of nitrogens with zero attached hydrogens (tertiary/aromatic N) is 2. The van der Waals surface area contributed by atoms with Crippen LogP contribution in [0.25, 0.3) is 21.9 Å². The highest BCUT2D eigenvalue weighted by atomic mass is 19.1. The zero-order chi connectivity index (χ0) is 20.1. The number of carbonyl (C=O) groups excluding carboxylic acids is 1. The van der Waals surface area contributed by atoms with E-state index in [1.54, 1.807) is 31.3 Å². The van der Waals surface area contributed by atoms with Gasteiger partial charge in [0.05, 0.1) is 6.20 Å². The highest BCUT2D eigenvalue weighted by Crippen LogP contribution is 2.33. The van der Waals surface area contributed by atoms with Gasteiger partial charge in [0.15, 0.2) is 0 Å². The third kappa shape index (κ3) is 3.46. The Morgan fingerprint density at radius 1 is 1.21 bits per heavy atom. The summed E-state index contributed by atoms with van der Waals surface area (Å²) < 4.78 is 29.0. The van der Waals surface area contributed by atoms with Crippen molar-refractivity contribution < 1.29 is 13.6 Å². The highest BCUT2D eigenvalue weighted by molar-refractivity contribution is 5.97. The van der Waals surface area contributed by atoms with Gasteiger partial charge in [-0.3, -0.25) is 4.79 Å². The molecule has 0 radical (unpaired) electrons. The van der Waals surface area contributed by atoms with Crippen molar-refractivity contribution >= 4 is 16.7 Å². The number of carbonyl (C=O) groups is 1. The van der Waals surface area contributed by atoms with Gasteiger partial charge in [0, 0.05) is 22.4 Å². The molecule has 2 aromatic carbocycles. The zero-order valence-electron chi connectivity index (χ0n) is 16.0. The number of fused-ring (bicyclic) bond motifs is 1. The van der Waals surface area contributed by atoms with Crippen LogP contribution in [0.3, 0.4) is 0 Å². The lowest BCUT2D eigenvalue weighted by molar-refractivity contribution is 0.0950. The van der Waals surface area contributed by atoms with Crippen molar-refractivity contribution in [1.82, 2.24) is 15.5 Å². The summed E-state index contributed by atoms with van der Waals surface area (Å²) in [6.07, 6.45) is 3.49. The first kappa shape index (κ1) is 18.5. The molecule has 0 bridgehead atoms. The number of halogens is 2. The molecule has 0 atom stereocenters. The summed E-state index contributed by atoms with van der Waals surface area (Å²) in [4.78, 5) is 12.4. The van der Waals surface area contributed by atoms with Crippen LogP contribution in [0.1, 0.15) is 48.3 Å². The lowest BCUT2D eigenvalue weighted by Crippen LogP contribution is -2.25. The van der Waals surface area contributed by atoms with E-state index in [2.05, 4.69) is 15.5 Å². The summed E-state index contributed by atoms with van der Waals surface area (Å²) in [6, 6.07) is 8.55. The second-order valence-electron chi connectivity index (χ2n) is 7.85. The minimum atomic E-state index is -1.63. The van der Waals surface area contributed by atoms with E-state index in [1.807, 2.05) is 6.07 Å². The van der Waals surface area contributed by atoms with Gasteiger partial charge in [0.1, 0.15) is 17.2 Å². The largest absolute Gasteiger partial charge is 0.349 e. The number of hydrogen-bond donors (Lipinski definition) is 1. The summed E-state index contributed by atoms with van der Waals surface area (Å²) in [5, 5.41) is 12.1. The molecular weight excluding hydrogens is 360 g/mol. The molecule has 1 aliphatic carbocycles. The van der Waals surface area contributed by atoms with E-state index in [-0.39, 0.29) is 17.6 Å². The van der Waals surface area contributed by atoms with Gasteiger partial charge in [-0.05, 0) is 68.5 Å². The predicted molar refractivity (Wildman–Crippen MR) is 104 cm³/mol. The predicted octanol–water partition coefficient (Wildman–Crippen LogP) is 4.84. The van der Waals surface area contributed by atoms with Crippen LogP contribution in [0.2, 0.25) is 0 Å². The number of hydrogen-bond acceptors (Lipinski definition) is 3. The van der Waals surface area contributed by atoms with Crippen molar-refractivity contribution in [2.24, 2.45) is 0 Å². The minimum absolute atomic E-state index is 0.196. The summed E-state index contributed by atoms with van der Waals surface area (Å²) in [5.74, 6) is -0.701. The Kier molecular flexibility index (Phi) is 4.37. The molecule has 0 spiro atoms. The molecule has 1 saturated carbocycles. The number of aromatic nitrogens is 2. The Bertz CT molecular complexity index is 1090. The second-order valence-corrected chi connectivity index (χ2v) is 7.85. The number of alkyl halides is 1. The number of nitrogens with one attached hydrogen (secondary N) is 1. The van der Waals surface area contributed by atoms with E-state index in [4.69, 9.17) is 0 Å². The van der Waals surface area contributed by atoms with Crippen molar-refractivity contribution in [2.45, 2.75) is 45.3 Å². The van der Waals surface area contributed by atoms with Crippen molar-refractivity contribution in [2.75, 3.05) is 0 Å². The first-order chi connectivity index (χ1) is 13.2. The van der Waals surface area contributed by atoms with Gasteiger partial charge in [0.2, 0.25) is 0 Å². The standard InChI is InChI=1S/C22H21F2N3O/c1-12-18(9-14(10-19(12)23)21(28)26-16-5-6-16)13-4-7-17-15(8-13)11-25-27-20(17)22(2,3)24/h4,7-11,16H,5-6H2,1-3H3,(H,26,28). The lowest BCUT2D eigenvalue weighted by Gasteiger charge is -2.16. The molecule has 0 saturated heterocycles. The van der Waals surface area contributed by atoms with Crippen molar-refractivity contribution in [3.05, 3.63) is 59.2 Å². The van der Waals surface area contributed by atoms with Crippen LogP contribution in [0.5, 0.6) is 0 Å². The fraction of sp³-hybridized carbons (Fsp3) is 0.318. The van der Waals surface area contributed by atoms with Gasteiger partial charge < -0.3 is 5.32 Å². The molecule has 4 nitrogen and oxygen atoms in total. The molecule has 1 aromatic heterocycles. The maximum Gasteiger partial charge on any atom is 0.251 e. The van der Waals surface area contributed by atoms with E-state index in [1.165, 1.54) is 19.9 Å². The molecule has 1 aliphatic rings. The van der Waals surface area contributed by atoms with Crippen LogP contribution >= 0.6 is 0 Å². The summed E-state index contributed by atoms with van der Waals surface area (Å²) in [6.45, 7) is 4.55. The van der Waals surface area contributed by atoms with Gasteiger partial charge in [-0.1, -0.05) is 12.1 Å². The van der Waals surface area contributed by atoms with Crippen LogP contribution in [-0.2, 0) is 5.67 Å². The van der Waals surface area contributed by atoms with Gasteiger partial charge in [-0.15, -0.1) is 0 Å². The van der Waals surface area contributed by atoms with Gasteiger partial charge in [-0.2, -0.15) is 10.2 Å². The molecule has 0 unspecified atom stereocenters. The maximum atomic E-state index is 14.5. The molecule has 6 heteroatoms. The summed E-state index contributed by atoms with van der Waals surface area (Å²) >= 11 is 0. The Hall–Kier alpha value is -2.89. The number of amides is 1. The van der Waals surface area contributed by atoms with E-state index in [0.717, 1.165) is 18.4 Å². The highest BCUT2D eigenvalue weighted by Gasteiger charge is 2.26. The van der Waals surface area contributed by atoms with Crippen molar-refractivity contribution in [3.8, 4) is 11.1 Å². The fourth-order valence-corrected chi connectivity index (χ4v) is 3.30. The molecule has 28 heavy (non-hydrogen) atoms. The monoisotopic (exact) mass is 381 g/mol. The molecular formula is C22H21F2N3O. The topological polar surface area (TPSA) is 54.9 Å². The molecule has 1 N–H and O–H groups in total. The lowest BCUT2D eigenvalue weighted by atomic mass is 9.94. The van der Waals surface area contributed by atoms with Crippen LogP contribution in [-0.4, -0.2) is 22.1 Å². The molecule has 1 amide bonds. The Labute approximate surface area is 162 Å². The number of benzene rings is 2. The summed E-state index contributed by atoms with van der Waals surface area (Å²) in [5.41, 5.74) is 0.744. The van der Waals surface area contributed by atoms with E-state index < -0.39 is 11.5 Å². The Morgan fingerprint density at radius 3 is 2.64 bits per heavy atom. The molecule has 1 fully saturated rings. The van der Waals surface area contributed by atoms with E-state index >= 15 is 0 Å². The fourth-order valence-electron chi connectivity index (χ4n) is 3.30. The maximum absolute atomic E-state index is 14.5. The third-order valence-corrected chi connectivity index (χ3v) is 5.05. The minimum Gasteiger partial charge on any atom is -0.349 e. The molecule has 1 heterocycles. The van der Waals surface area contributed by atoms with E-state index in [9.17, 15) is 13.6 Å². The second kappa shape index (κ2) is 6.62. The smallest absolute Gasteiger partial charge is 0.251 e. The Balaban J connectivity index is 1.81. The van der Waals surface area contributed by atoms with Crippen LogP contribution < -0.4 is 5.32 Å². The van der Waals surface area contributed by atoms with Gasteiger partial charge in [-0.25, -0.2) is 8.78 Å². The summed E-state index contributed by atoms with van der Waals surface area (Å²) in [7, 11) is 0. The van der Waals surface area contributed by atoms with Crippen LogP contribution in [0, 0.1) is 12.7 Å². The normalized spacial score (nSPS) is 14.3. The van der Waals surface area contributed by atoms with Gasteiger partial charge in [0.25, 0.3) is 5.91 Å². The average molecular weight is 381 g/mol. The first-order valence-corrected chi connectivity index (χ1v) is 9.30. The zero-order valence-corrected chi connectivity index (χ0v) is 16.0. The Morgan fingerprint density at radius 2 is 1.96 bits per heavy atom. The third-order valence-electron chi connectivity index (χ3n) is 5.05. The number of rotatable bonds is 4. The van der Waals surface area contributed by atoms with Crippen molar-refractivity contribution in [1.29, 1.82) is 0 Å².